The van der Waals surface area contributed by atoms with E-state index in [4.69, 9.17) is 5.73 Å². The van der Waals surface area contributed by atoms with Crippen molar-refractivity contribution in [2.24, 2.45) is 5.73 Å². The molecule has 0 heterocycles. The maximum absolute atomic E-state index is 10.8. The normalized spacial score (nSPS) is 12.2. The standard InChI is InChI=1S/C11H16N2O2/c1-8(14)13-10-4-2-9(3-5-10)6-11(15)7-12/h2-5,11,15H,6-7,12H2,1H3,(H,13,14). The average Bonchev–Trinajstić information content (AvgIpc) is 2.20. The molecule has 0 radical (unpaired) electrons. The van der Waals surface area contributed by atoms with Crippen molar-refractivity contribution in [3.63, 3.8) is 0 Å². The van der Waals surface area contributed by atoms with Crippen molar-refractivity contribution in [2.45, 2.75) is 19.4 Å². The van der Waals surface area contributed by atoms with Gasteiger partial charge in [0, 0.05) is 19.2 Å². The Kier molecular flexibility index (Phi) is 4.27. The molecule has 0 aliphatic heterocycles. The second-order valence-electron chi connectivity index (χ2n) is 3.47. The van der Waals surface area contributed by atoms with Gasteiger partial charge in [0.2, 0.25) is 5.91 Å². The van der Waals surface area contributed by atoms with Crippen LogP contribution in [0.5, 0.6) is 0 Å². The van der Waals surface area contributed by atoms with Gasteiger partial charge in [0.15, 0.2) is 0 Å². The smallest absolute Gasteiger partial charge is 0.221 e. The zero-order valence-electron chi connectivity index (χ0n) is 8.73. The predicted octanol–water partition coefficient (Wildman–Crippen LogP) is 0.507. The Morgan fingerprint density at radius 1 is 1.47 bits per heavy atom. The van der Waals surface area contributed by atoms with Gasteiger partial charge in [-0.3, -0.25) is 4.79 Å². The highest BCUT2D eigenvalue weighted by Crippen LogP contribution is 2.10. The highest BCUT2D eigenvalue weighted by Gasteiger charge is 2.02. The van der Waals surface area contributed by atoms with E-state index in [0.29, 0.717) is 6.42 Å². The number of hydrogen-bond acceptors (Lipinski definition) is 3. The van der Waals surface area contributed by atoms with Crippen molar-refractivity contribution < 1.29 is 9.90 Å². The lowest BCUT2D eigenvalue weighted by molar-refractivity contribution is -0.114. The third kappa shape index (κ3) is 4.10. The summed E-state index contributed by atoms with van der Waals surface area (Å²) in [5, 5.41) is 12.0. The summed E-state index contributed by atoms with van der Waals surface area (Å²) in [5.41, 5.74) is 7.07. The van der Waals surface area contributed by atoms with Crippen LogP contribution < -0.4 is 11.1 Å². The fraction of sp³-hybridized carbons (Fsp3) is 0.364. The number of aliphatic hydroxyl groups excluding tert-OH is 1. The van der Waals surface area contributed by atoms with E-state index in [0.717, 1.165) is 11.3 Å². The van der Waals surface area contributed by atoms with Gasteiger partial charge in [-0.25, -0.2) is 0 Å². The summed E-state index contributed by atoms with van der Waals surface area (Å²) < 4.78 is 0. The van der Waals surface area contributed by atoms with Crippen molar-refractivity contribution >= 4 is 11.6 Å². The summed E-state index contributed by atoms with van der Waals surface area (Å²) in [6, 6.07) is 7.34. The first kappa shape index (κ1) is 11.7. The predicted molar refractivity (Wildman–Crippen MR) is 59.5 cm³/mol. The lowest BCUT2D eigenvalue weighted by Gasteiger charge is -2.08. The molecule has 4 nitrogen and oxygen atoms in total. The molecule has 0 saturated carbocycles. The van der Waals surface area contributed by atoms with Gasteiger partial charge in [-0.05, 0) is 24.1 Å². The van der Waals surface area contributed by atoms with E-state index in [1.54, 1.807) is 12.1 Å². The molecule has 1 unspecified atom stereocenters. The summed E-state index contributed by atoms with van der Waals surface area (Å²) >= 11 is 0. The van der Waals surface area contributed by atoms with E-state index in [1.165, 1.54) is 6.92 Å². The third-order valence-electron chi connectivity index (χ3n) is 2.02. The Labute approximate surface area is 89.1 Å². The van der Waals surface area contributed by atoms with E-state index in [9.17, 15) is 9.90 Å². The van der Waals surface area contributed by atoms with Crippen molar-refractivity contribution in [2.75, 3.05) is 11.9 Å². The zero-order chi connectivity index (χ0) is 11.3. The highest BCUT2D eigenvalue weighted by molar-refractivity contribution is 5.88. The van der Waals surface area contributed by atoms with Crippen molar-refractivity contribution in [1.82, 2.24) is 0 Å². The summed E-state index contributed by atoms with van der Waals surface area (Å²) in [6.45, 7) is 1.72. The molecule has 0 aliphatic rings. The van der Waals surface area contributed by atoms with E-state index in [1.807, 2.05) is 12.1 Å². The fourth-order valence-electron chi connectivity index (χ4n) is 1.28. The Balaban J connectivity index is 2.60. The van der Waals surface area contributed by atoms with Gasteiger partial charge < -0.3 is 16.2 Å². The molecule has 15 heavy (non-hydrogen) atoms. The summed E-state index contributed by atoms with van der Waals surface area (Å²) in [5.74, 6) is -0.0928. The Morgan fingerprint density at radius 2 is 2.07 bits per heavy atom. The van der Waals surface area contributed by atoms with Crippen LogP contribution in [0.25, 0.3) is 0 Å². The monoisotopic (exact) mass is 208 g/mol. The Hall–Kier alpha value is -1.39. The highest BCUT2D eigenvalue weighted by atomic mass is 16.3. The lowest BCUT2D eigenvalue weighted by atomic mass is 10.1. The van der Waals surface area contributed by atoms with E-state index < -0.39 is 6.10 Å². The Bertz CT molecular complexity index is 322. The van der Waals surface area contributed by atoms with Crippen molar-refractivity contribution in [3.8, 4) is 0 Å². The Morgan fingerprint density at radius 3 is 2.53 bits per heavy atom. The first-order chi connectivity index (χ1) is 7.11. The number of carbonyl (C=O) groups excluding carboxylic acids is 1. The van der Waals surface area contributed by atoms with Gasteiger partial charge >= 0.3 is 0 Å². The molecule has 0 fully saturated rings. The number of amides is 1. The maximum Gasteiger partial charge on any atom is 0.221 e. The molecular weight excluding hydrogens is 192 g/mol. The van der Waals surface area contributed by atoms with Crippen LogP contribution in [-0.4, -0.2) is 23.7 Å². The molecule has 82 valence electrons. The van der Waals surface area contributed by atoms with Crippen molar-refractivity contribution in [1.29, 1.82) is 0 Å². The molecule has 0 saturated heterocycles. The topological polar surface area (TPSA) is 75.3 Å². The summed E-state index contributed by atoms with van der Waals surface area (Å²) in [4.78, 5) is 10.8. The third-order valence-corrected chi connectivity index (χ3v) is 2.02. The van der Waals surface area contributed by atoms with Gasteiger partial charge in [-0.15, -0.1) is 0 Å². The number of aliphatic hydroxyl groups is 1. The number of hydrogen-bond donors (Lipinski definition) is 3. The number of nitrogens with one attached hydrogen (secondary N) is 1. The molecule has 1 aromatic rings. The van der Waals surface area contributed by atoms with Crippen LogP contribution in [0.4, 0.5) is 5.69 Å². The van der Waals surface area contributed by atoms with Gasteiger partial charge in [0.25, 0.3) is 0 Å². The largest absolute Gasteiger partial charge is 0.391 e. The van der Waals surface area contributed by atoms with E-state index in [2.05, 4.69) is 5.32 Å². The van der Waals surface area contributed by atoms with Crippen LogP contribution in [-0.2, 0) is 11.2 Å². The quantitative estimate of drug-likeness (QED) is 0.674. The van der Waals surface area contributed by atoms with E-state index in [-0.39, 0.29) is 12.5 Å². The summed E-state index contributed by atoms with van der Waals surface area (Å²) in [6.07, 6.45) is 0.0354. The van der Waals surface area contributed by atoms with Crippen LogP contribution in [0.1, 0.15) is 12.5 Å². The maximum atomic E-state index is 10.8. The molecule has 1 rings (SSSR count). The summed E-state index contributed by atoms with van der Waals surface area (Å²) in [7, 11) is 0. The first-order valence-electron chi connectivity index (χ1n) is 4.86. The van der Waals surface area contributed by atoms with Crippen LogP contribution in [0.2, 0.25) is 0 Å². The average molecular weight is 208 g/mol. The van der Waals surface area contributed by atoms with Crippen LogP contribution in [0.3, 0.4) is 0 Å². The SMILES string of the molecule is CC(=O)Nc1ccc(CC(O)CN)cc1. The zero-order valence-corrected chi connectivity index (χ0v) is 8.73. The molecule has 0 aliphatic carbocycles. The number of carbonyl (C=O) groups is 1. The minimum atomic E-state index is -0.503. The molecule has 0 aromatic heterocycles. The molecular formula is C11H16N2O2. The molecule has 1 atom stereocenters. The number of anilines is 1. The first-order valence-corrected chi connectivity index (χ1v) is 4.86. The molecule has 4 N–H and O–H groups in total. The van der Waals surface area contributed by atoms with Crippen LogP contribution in [0, 0.1) is 0 Å². The van der Waals surface area contributed by atoms with E-state index >= 15 is 0 Å². The van der Waals surface area contributed by atoms with Gasteiger partial charge in [0.05, 0.1) is 6.10 Å². The second-order valence-corrected chi connectivity index (χ2v) is 3.47. The molecule has 0 bridgehead atoms. The lowest BCUT2D eigenvalue weighted by Crippen LogP contribution is -2.21. The minimum absolute atomic E-state index is 0.0928. The minimum Gasteiger partial charge on any atom is -0.391 e. The molecule has 0 spiro atoms. The number of benzene rings is 1. The number of rotatable bonds is 4. The van der Waals surface area contributed by atoms with Gasteiger partial charge in [-0.2, -0.15) is 0 Å². The van der Waals surface area contributed by atoms with Crippen LogP contribution in [0.15, 0.2) is 24.3 Å². The van der Waals surface area contributed by atoms with Gasteiger partial charge in [-0.1, -0.05) is 12.1 Å². The van der Waals surface area contributed by atoms with Crippen molar-refractivity contribution in [3.05, 3.63) is 29.8 Å². The fourth-order valence-corrected chi connectivity index (χ4v) is 1.28. The van der Waals surface area contributed by atoms with Crippen LogP contribution >= 0.6 is 0 Å². The van der Waals surface area contributed by atoms with Gasteiger partial charge in [0.1, 0.15) is 0 Å². The molecule has 1 amide bonds. The molecule has 1 aromatic carbocycles. The molecule has 4 heteroatoms. The second kappa shape index (κ2) is 5.48. The number of nitrogens with two attached hydrogens (primary N) is 1.